The SMILES string of the molecule is CCCC(CCC)C(Cc1ccc(Br)cc1F)NC. The Hall–Kier alpha value is -0.410. The van der Waals surface area contributed by atoms with Crippen LogP contribution in [0.1, 0.15) is 45.1 Å². The van der Waals surface area contributed by atoms with Gasteiger partial charge < -0.3 is 5.32 Å². The molecule has 0 spiro atoms. The summed E-state index contributed by atoms with van der Waals surface area (Å²) >= 11 is 3.30. The summed E-state index contributed by atoms with van der Waals surface area (Å²) in [7, 11) is 1.99. The first kappa shape index (κ1) is 16.6. The van der Waals surface area contributed by atoms with Crippen LogP contribution in [-0.2, 0) is 6.42 Å². The summed E-state index contributed by atoms with van der Waals surface area (Å²) in [4.78, 5) is 0. The van der Waals surface area contributed by atoms with Gasteiger partial charge in [0.05, 0.1) is 0 Å². The van der Waals surface area contributed by atoms with Crippen LogP contribution in [0.15, 0.2) is 22.7 Å². The molecule has 3 heteroatoms. The van der Waals surface area contributed by atoms with Crippen molar-refractivity contribution in [2.24, 2.45) is 5.92 Å². The molecule has 19 heavy (non-hydrogen) atoms. The van der Waals surface area contributed by atoms with Gasteiger partial charge in [0.15, 0.2) is 0 Å². The van der Waals surface area contributed by atoms with Crippen molar-refractivity contribution in [2.75, 3.05) is 7.05 Å². The molecule has 0 heterocycles. The minimum absolute atomic E-state index is 0.110. The highest BCUT2D eigenvalue weighted by molar-refractivity contribution is 9.10. The monoisotopic (exact) mass is 329 g/mol. The van der Waals surface area contributed by atoms with Crippen molar-refractivity contribution in [1.82, 2.24) is 5.32 Å². The summed E-state index contributed by atoms with van der Waals surface area (Å²) < 4.78 is 14.7. The molecule has 1 atom stereocenters. The lowest BCUT2D eigenvalue weighted by atomic mass is 9.86. The van der Waals surface area contributed by atoms with Crippen LogP contribution in [-0.4, -0.2) is 13.1 Å². The van der Waals surface area contributed by atoms with Gasteiger partial charge in [-0.3, -0.25) is 0 Å². The Morgan fingerprint density at radius 1 is 1.21 bits per heavy atom. The summed E-state index contributed by atoms with van der Waals surface area (Å²) in [5.74, 6) is 0.518. The summed E-state index contributed by atoms with van der Waals surface area (Å²) in [6.07, 6.45) is 5.55. The first-order valence-electron chi connectivity index (χ1n) is 7.23. The van der Waals surface area contributed by atoms with E-state index in [2.05, 4.69) is 35.1 Å². The second-order valence-corrected chi connectivity index (χ2v) is 6.09. The molecule has 1 aromatic carbocycles. The van der Waals surface area contributed by atoms with Gasteiger partial charge in [0.1, 0.15) is 5.82 Å². The van der Waals surface area contributed by atoms with E-state index in [-0.39, 0.29) is 5.82 Å². The quantitative estimate of drug-likeness (QED) is 0.712. The molecule has 0 aliphatic rings. The minimum Gasteiger partial charge on any atom is -0.316 e. The predicted molar refractivity (Wildman–Crippen MR) is 84.0 cm³/mol. The third-order valence-electron chi connectivity index (χ3n) is 3.71. The predicted octanol–water partition coefficient (Wildman–Crippen LogP) is 4.94. The van der Waals surface area contributed by atoms with Gasteiger partial charge in [0.2, 0.25) is 0 Å². The van der Waals surface area contributed by atoms with Crippen LogP contribution >= 0.6 is 15.9 Å². The van der Waals surface area contributed by atoms with Gasteiger partial charge in [-0.1, -0.05) is 48.7 Å². The zero-order valence-corrected chi connectivity index (χ0v) is 13.8. The molecule has 0 saturated heterocycles. The van der Waals surface area contributed by atoms with E-state index >= 15 is 0 Å². The maximum absolute atomic E-state index is 13.9. The molecule has 0 fully saturated rings. The van der Waals surface area contributed by atoms with Crippen LogP contribution in [0.3, 0.4) is 0 Å². The van der Waals surface area contributed by atoms with Crippen LogP contribution in [0.2, 0.25) is 0 Å². The maximum Gasteiger partial charge on any atom is 0.127 e. The molecule has 1 nitrogen and oxygen atoms in total. The van der Waals surface area contributed by atoms with E-state index in [4.69, 9.17) is 0 Å². The summed E-state index contributed by atoms with van der Waals surface area (Å²) in [5.41, 5.74) is 0.805. The molecule has 0 aliphatic heterocycles. The number of nitrogens with one attached hydrogen (secondary N) is 1. The normalized spacial score (nSPS) is 12.9. The van der Waals surface area contributed by atoms with Crippen LogP contribution in [0.25, 0.3) is 0 Å². The number of rotatable bonds is 8. The molecule has 1 N–H and O–H groups in total. The van der Waals surface area contributed by atoms with E-state index in [0.29, 0.717) is 12.0 Å². The third kappa shape index (κ3) is 5.23. The van der Waals surface area contributed by atoms with Crippen molar-refractivity contribution in [3.63, 3.8) is 0 Å². The zero-order chi connectivity index (χ0) is 14.3. The van der Waals surface area contributed by atoms with Crippen molar-refractivity contribution in [1.29, 1.82) is 0 Å². The Kier molecular flexibility index (Phi) is 7.62. The van der Waals surface area contributed by atoms with Crippen LogP contribution in [0, 0.1) is 11.7 Å². The van der Waals surface area contributed by atoms with Crippen LogP contribution < -0.4 is 5.32 Å². The van der Waals surface area contributed by atoms with E-state index in [1.165, 1.54) is 25.7 Å². The maximum atomic E-state index is 13.9. The number of benzene rings is 1. The van der Waals surface area contributed by atoms with Crippen molar-refractivity contribution < 1.29 is 4.39 Å². The number of likely N-dealkylation sites (N-methyl/N-ethyl adjacent to an activating group) is 1. The summed E-state index contributed by atoms with van der Waals surface area (Å²) in [6.45, 7) is 4.44. The van der Waals surface area contributed by atoms with Gasteiger partial charge in [-0.05, 0) is 49.9 Å². The fraction of sp³-hybridized carbons (Fsp3) is 0.625. The van der Waals surface area contributed by atoms with Gasteiger partial charge >= 0.3 is 0 Å². The van der Waals surface area contributed by atoms with E-state index < -0.39 is 0 Å². The van der Waals surface area contributed by atoms with Crippen molar-refractivity contribution >= 4 is 15.9 Å². The Morgan fingerprint density at radius 3 is 2.32 bits per heavy atom. The Bertz CT molecular complexity index is 375. The molecule has 1 rings (SSSR count). The van der Waals surface area contributed by atoms with E-state index in [1.807, 2.05) is 19.2 Å². The Balaban J connectivity index is 2.78. The highest BCUT2D eigenvalue weighted by atomic mass is 79.9. The molecular formula is C16H25BrFN. The lowest BCUT2D eigenvalue weighted by molar-refractivity contribution is 0.320. The average Bonchev–Trinajstić information content (AvgIpc) is 2.38. The second-order valence-electron chi connectivity index (χ2n) is 5.17. The topological polar surface area (TPSA) is 12.0 Å². The molecular weight excluding hydrogens is 305 g/mol. The zero-order valence-electron chi connectivity index (χ0n) is 12.2. The largest absolute Gasteiger partial charge is 0.316 e. The van der Waals surface area contributed by atoms with Crippen molar-refractivity contribution in [3.8, 4) is 0 Å². The number of hydrogen-bond acceptors (Lipinski definition) is 1. The number of halogens is 2. The molecule has 1 unspecified atom stereocenters. The molecule has 108 valence electrons. The lowest BCUT2D eigenvalue weighted by Crippen LogP contribution is -2.35. The smallest absolute Gasteiger partial charge is 0.127 e. The summed E-state index contributed by atoms with van der Waals surface area (Å²) in [5, 5.41) is 3.38. The Labute approximate surface area is 125 Å². The molecule has 0 amide bonds. The van der Waals surface area contributed by atoms with E-state index in [0.717, 1.165) is 16.5 Å². The van der Waals surface area contributed by atoms with Gasteiger partial charge in [-0.15, -0.1) is 0 Å². The van der Waals surface area contributed by atoms with Crippen LogP contribution in [0.4, 0.5) is 4.39 Å². The fourth-order valence-corrected chi connectivity index (χ4v) is 3.05. The van der Waals surface area contributed by atoms with E-state index in [1.54, 1.807) is 6.07 Å². The van der Waals surface area contributed by atoms with Crippen molar-refractivity contribution in [3.05, 3.63) is 34.1 Å². The first-order valence-corrected chi connectivity index (χ1v) is 8.02. The molecule has 1 aromatic rings. The molecule has 0 aliphatic carbocycles. The van der Waals surface area contributed by atoms with Gasteiger partial charge in [-0.2, -0.15) is 0 Å². The molecule has 0 saturated carbocycles. The highest BCUT2D eigenvalue weighted by Gasteiger charge is 2.20. The molecule has 0 aromatic heterocycles. The average molecular weight is 330 g/mol. The Morgan fingerprint density at radius 2 is 1.84 bits per heavy atom. The molecule has 0 radical (unpaired) electrons. The minimum atomic E-state index is -0.110. The van der Waals surface area contributed by atoms with E-state index in [9.17, 15) is 4.39 Å². The standard InChI is InChI=1S/C16H25BrFN/c1-4-6-12(7-5-2)16(19-3)10-13-8-9-14(17)11-15(13)18/h8-9,11-12,16,19H,4-7,10H2,1-3H3. The van der Waals surface area contributed by atoms with Gasteiger partial charge in [0.25, 0.3) is 0 Å². The number of hydrogen-bond donors (Lipinski definition) is 1. The lowest BCUT2D eigenvalue weighted by Gasteiger charge is -2.27. The summed E-state index contributed by atoms with van der Waals surface area (Å²) in [6, 6.07) is 5.71. The van der Waals surface area contributed by atoms with Gasteiger partial charge in [-0.25, -0.2) is 4.39 Å². The third-order valence-corrected chi connectivity index (χ3v) is 4.21. The second kappa shape index (κ2) is 8.70. The van der Waals surface area contributed by atoms with Crippen LogP contribution in [0.5, 0.6) is 0 Å². The van der Waals surface area contributed by atoms with Crippen molar-refractivity contribution in [2.45, 2.75) is 52.0 Å². The molecule has 0 bridgehead atoms. The van der Waals surface area contributed by atoms with Gasteiger partial charge in [0, 0.05) is 10.5 Å². The fourth-order valence-electron chi connectivity index (χ4n) is 2.72. The highest BCUT2D eigenvalue weighted by Crippen LogP contribution is 2.23. The first-order chi connectivity index (χ1) is 9.12.